The monoisotopic (exact) mass is 414 g/mol. The van der Waals surface area contributed by atoms with Gasteiger partial charge in [-0.15, -0.1) is 0 Å². The Balaban J connectivity index is 1.55. The van der Waals surface area contributed by atoms with Crippen LogP contribution in [-0.4, -0.2) is 29.3 Å². The zero-order valence-electron chi connectivity index (χ0n) is 17.6. The first kappa shape index (κ1) is 20.7. The molecule has 0 fully saturated rings. The Morgan fingerprint density at radius 1 is 0.742 bits per heavy atom. The second-order valence-electron chi connectivity index (χ2n) is 7.53. The number of hydrogen-bond donors (Lipinski definition) is 0. The summed E-state index contributed by atoms with van der Waals surface area (Å²) < 4.78 is 11.0. The molecule has 0 atom stereocenters. The van der Waals surface area contributed by atoms with E-state index < -0.39 is 0 Å². The number of likely N-dealkylation sites (N-methyl/N-ethyl adjacent to an activating group) is 1. The molecule has 4 rings (SSSR count). The maximum Gasteiger partial charge on any atom is 0.237 e. The zero-order valence-corrected chi connectivity index (χ0v) is 17.6. The molecular formula is C26H26N2O3. The van der Waals surface area contributed by atoms with E-state index in [-0.39, 0.29) is 18.5 Å². The Hall–Kier alpha value is -3.57. The molecule has 0 saturated heterocycles. The highest BCUT2D eigenvalue weighted by Gasteiger charge is 2.25. The van der Waals surface area contributed by atoms with Crippen molar-refractivity contribution in [1.29, 1.82) is 0 Å². The van der Waals surface area contributed by atoms with Crippen molar-refractivity contribution in [2.45, 2.75) is 19.1 Å². The van der Waals surface area contributed by atoms with E-state index in [1.54, 1.807) is 12.5 Å². The summed E-state index contributed by atoms with van der Waals surface area (Å²) in [6, 6.07) is 27.6. The molecule has 0 unspecified atom stereocenters. The average Bonchev–Trinajstić information content (AvgIpc) is 3.50. The van der Waals surface area contributed by atoms with Gasteiger partial charge in [0.15, 0.2) is 0 Å². The summed E-state index contributed by atoms with van der Waals surface area (Å²) in [4.78, 5) is 17.3. The van der Waals surface area contributed by atoms with Crippen molar-refractivity contribution >= 4 is 5.91 Å². The highest BCUT2D eigenvalue weighted by molar-refractivity contribution is 5.79. The largest absolute Gasteiger partial charge is 0.468 e. The molecule has 5 nitrogen and oxygen atoms in total. The topological polar surface area (TPSA) is 49.8 Å². The summed E-state index contributed by atoms with van der Waals surface area (Å²) in [5, 5.41) is 0. The number of carbonyl (C=O) groups excluding carboxylic acids is 1. The normalized spacial score (nSPS) is 11.2. The third kappa shape index (κ3) is 5.32. The van der Waals surface area contributed by atoms with E-state index in [0.29, 0.717) is 13.1 Å². The Morgan fingerprint density at radius 3 is 1.65 bits per heavy atom. The van der Waals surface area contributed by atoms with Crippen molar-refractivity contribution in [3.05, 3.63) is 120 Å². The van der Waals surface area contributed by atoms with Crippen LogP contribution < -0.4 is 0 Å². The molecule has 0 spiro atoms. The summed E-state index contributed by atoms with van der Waals surface area (Å²) in [7, 11) is 1.87. The highest BCUT2D eigenvalue weighted by atomic mass is 16.3. The summed E-state index contributed by atoms with van der Waals surface area (Å²) in [5.41, 5.74) is 2.15. The molecule has 31 heavy (non-hydrogen) atoms. The molecule has 2 aromatic carbocycles. The van der Waals surface area contributed by atoms with Crippen molar-refractivity contribution in [2.75, 3.05) is 13.6 Å². The van der Waals surface area contributed by atoms with Gasteiger partial charge in [0, 0.05) is 7.05 Å². The van der Waals surface area contributed by atoms with Gasteiger partial charge in [-0.3, -0.25) is 9.69 Å². The average molecular weight is 415 g/mol. The van der Waals surface area contributed by atoms with Gasteiger partial charge in [-0.2, -0.15) is 0 Å². The van der Waals surface area contributed by atoms with Gasteiger partial charge >= 0.3 is 0 Å². The third-order valence-corrected chi connectivity index (χ3v) is 5.29. The van der Waals surface area contributed by atoms with Crippen LogP contribution in [0.15, 0.2) is 106 Å². The van der Waals surface area contributed by atoms with Crippen LogP contribution in [0.25, 0.3) is 0 Å². The Morgan fingerprint density at radius 2 is 1.23 bits per heavy atom. The van der Waals surface area contributed by atoms with Crippen molar-refractivity contribution in [2.24, 2.45) is 0 Å². The second kappa shape index (κ2) is 9.96. The molecule has 2 heterocycles. The minimum Gasteiger partial charge on any atom is -0.468 e. The minimum atomic E-state index is -0.163. The molecule has 2 aromatic heterocycles. The lowest BCUT2D eigenvalue weighted by Crippen LogP contribution is -2.40. The molecule has 0 radical (unpaired) electrons. The van der Waals surface area contributed by atoms with Gasteiger partial charge < -0.3 is 13.7 Å². The first-order valence-corrected chi connectivity index (χ1v) is 10.3. The third-order valence-electron chi connectivity index (χ3n) is 5.29. The number of rotatable bonds is 9. The predicted molar refractivity (Wildman–Crippen MR) is 119 cm³/mol. The highest BCUT2D eigenvalue weighted by Crippen LogP contribution is 2.28. The van der Waals surface area contributed by atoms with E-state index in [9.17, 15) is 4.79 Å². The molecule has 0 bridgehead atoms. The number of furan rings is 2. The maximum absolute atomic E-state index is 13.4. The smallest absolute Gasteiger partial charge is 0.237 e. The fourth-order valence-corrected chi connectivity index (χ4v) is 3.77. The van der Waals surface area contributed by atoms with E-state index in [1.807, 2.05) is 77.5 Å². The molecule has 0 aliphatic rings. The van der Waals surface area contributed by atoms with E-state index in [1.165, 1.54) is 0 Å². The summed E-state index contributed by atoms with van der Waals surface area (Å²) >= 11 is 0. The Labute approximate surface area is 182 Å². The van der Waals surface area contributed by atoms with Crippen LogP contribution in [0, 0.1) is 0 Å². The van der Waals surface area contributed by atoms with Gasteiger partial charge in [0.05, 0.1) is 38.2 Å². The fraction of sp³-hybridized carbons (Fsp3) is 0.192. The minimum absolute atomic E-state index is 0.0239. The standard InChI is InChI=1S/C26H26N2O3/c1-27(26(21-10-4-2-5-11-21)22-12-6-3-7-13-22)25(29)20-28(18-23-14-8-16-30-23)19-24-15-9-17-31-24/h2-17,26H,18-20H2,1H3. The van der Waals surface area contributed by atoms with Crippen LogP contribution in [0.2, 0.25) is 0 Å². The second-order valence-corrected chi connectivity index (χ2v) is 7.53. The number of amides is 1. The van der Waals surface area contributed by atoms with E-state index in [4.69, 9.17) is 8.83 Å². The number of carbonyl (C=O) groups is 1. The molecule has 0 aliphatic carbocycles. The lowest BCUT2D eigenvalue weighted by molar-refractivity contribution is -0.133. The van der Waals surface area contributed by atoms with Crippen LogP contribution in [0.4, 0.5) is 0 Å². The van der Waals surface area contributed by atoms with E-state index >= 15 is 0 Å². The molecule has 5 heteroatoms. The van der Waals surface area contributed by atoms with Gasteiger partial charge in [-0.05, 0) is 35.4 Å². The van der Waals surface area contributed by atoms with Gasteiger partial charge in [0.2, 0.25) is 5.91 Å². The van der Waals surface area contributed by atoms with Gasteiger partial charge in [0.25, 0.3) is 0 Å². The van der Waals surface area contributed by atoms with E-state index in [2.05, 4.69) is 24.3 Å². The molecule has 1 amide bonds. The van der Waals surface area contributed by atoms with Crippen LogP contribution >= 0.6 is 0 Å². The van der Waals surface area contributed by atoms with Gasteiger partial charge in [0.1, 0.15) is 11.5 Å². The molecule has 0 saturated carbocycles. The quantitative estimate of drug-likeness (QED) is 0.381. The van der Waals surface area contributed by atoms with Crippen molar-refractivity contribution in [3.63, 3.8) is 0 Å². The SMILES string of the molecule is CN(C(=O)CN(Cc1ccco1)Cc1ccco1)C(c1ccccc1)c1ccccc1. The number of benzene rings is 2. The summed E-state index contributed by atoms with van der Waals surface area (Å²) in [5.74, 6) is 1.64. The predicted octanol–water partition coefficient (Wildman–Crippen LogP) is 5.12. The molecular weight excluding hydrogens is 388 g/mol. The molecule has 0 N–H and O–H groups in total. The van der Waals surface area contributed by atoms with E-state index in [0.717, 1.165) is 22.6 Å². The van der Waals surface area contributed by atoms with Crippen molar-refractivity contribution < 1.29 is 13.6 Å². The summed E-state index contributed by atoms with van der Waals surface area (Å²) in [6.07, 6.45) is 3.30. The van der Waals surface area contributed by atoms with Gasteiger partial charge in [-0.25, -0.2) is 0 Å². The Bertz CT molecular complexity index is 969. The first-order valence-electron chi connectivity index (χ1n) is 10.3. The fourth-order valence-electron chi connectivity index (χ4n) is 3.77. The molecule has 158 valence electrons. The van der Waals surface area contributed by atoms with Gasteiger partial charge in [-0.1, -0.05) is 60.7 Å². The lowest BCUT2D eigenvalue weighted by Gasteiger charge is -2.31. The number of hydrogen-bond acceptors (Lipinski definition) is 4. The number of nitrogens with zero attached hydrogens (tertiary/aromatic N) is 2. The molecule has 0 aliphatic heterocycles. The van der Waals surface area contributed by atoms with Crippen LogP contribution in [0.3, 0.4) is 0 Å². The van der Waals surface area contributed by atoms with Crippen molar-refractivity contribution in [1.82, 2.24) is 9.80 Å². The summed E-state index contributed by atoms with van der Waals surface area (Å²) in [6.45, 7) is 1.29. The van der Waals surface area contributed by atoms with Crippen molar-refractivity contribution in [3.8, 4) is 0 Å². The first-order chi connectivity index (χ1) is 15.2. The zero-order chi connectivity index (χ0) is 21.5. The maximum atomic E-state index is 13.4. The van der Waals surface area contributed by atoms with Crippen LogP contribution in [0.1, 0.15) is 28.7 Å². The molecule has 4 aromatic rings. The lowest BCUT2D eigenvalue weighted by atomic mass is 9.97. The van der Waals surface area contributed by atoms with Crippen LogP contribution in [0.5, 0.6) is 0 Å². The van der Waals surface area contributed by atoms with Crippen LogP contribution in [-0.2, 0) is 17.9 Å². The Kier molecular flexibility index (Phi) is 6.65.